The molecule has 1 aromatic carbocycles. The van der Waals surface area contributed by atoms with E-state index in [9.17, 15) is 9.59 Å². The summed E-state index contributed by atoms with van der Waals surface area (Å²) in [5.74, 6) is 0.722. The third kappa shape index (κ3) is 2.66. The van der Waals surface area contributed by atoms with Gasteiger partial charge >= 0.3 is 6.03 Å². The first-order chi connectivity index (χ1) is 10.6. The molecule has 2 N–H and O–H groups in total. The zero-order valence-electron chi connectivity index (χ0n) is 12.7. The number of carbonyl (C=O) groups excluding carboxylic acids is 2. The minimum absolute atomic E-state index is 0.0764. The number of imide groups is 1. The van der Waals surface area contributed by atoms with E-state index in [1.54, 1.807) is 7.11 Å². The van der Waals surface area contributed by atoms with Gasteiger partial charge in [-0.2, -0.15) is 0 Å². The summed E-state index contributed by atoms with van der Waals surface area (Å²) in [5.41, 5.74) is 0.398. The second-order valence-corrected chi connectivity index (χ2v) is 5.82. The number of nitrogens with one attached hydrogen (secondary N) is 2. The second kappa shape index (κ2) is 5.96. The average Bonchev–Trinajstić information content (AvgIpc) is 2.77. The van der Waals surface area contributed by atoms with Crippen LogP contribution in [0.15, 0.2) is 24.3 Å². The Morgan fingerprint density at radius 2 is 1.86 bits per heavy atom. The largest absolute Gasteiger partial charge is 0.497 e. The third-order valence-corrected chi connectivity index (χ3v) is 4.49. The smallest absolute Gasteiger partial charge is 0.325 e. The van der Waals surface area contributed by atoms with Crippen molar-refractivity contribution in [3.63, 3.8) is 0 Å². The molecule has 0 unspecified atom stereocenters. The molecule has 0 aromatic heterocycles. The van der Waals surface area contributed by atoms with Gasteiger partial charge in [-0.1, -0.05) is 12.1 Å². The number of benzene rings is 1. The summed E-state index contributed by atoms with van der Waals surface area (Å²) in [6.07, 6.45) is 1.98. The van der Waals surface area contributed by atoms with Gasteiger partial charge in [0.1, 0.15) is 11.3 Å². The third-order valence-electron chi connectivity index (χ3n) is 4.49. The van der Waals surface area contributed by atoms with E-state index in [4.69, 9.17) is 4.74 Å². The van der Waals surface area contributed by atoms with Gasteiger partial charge < -0.3 is 15.4 Å². The predicted molar refractivity (Wildman–Crippen MR) is 81.8 cm³/mol. The Balaban J connectivity index is 1.64. The van der Waals surface area contributed by atoms with Crippen molar-refractivity contribution < 1.29 is 14.3 Å². The highest BCUT2D eigenvalue weighted by Gasteiger charge is 2.50. The first-order valence-corrected chi connectivity index (χ1v) is 7.62. The van der Waals surface area contributed by atoms with E-state index in [1.165, 1.54) is 4.90 Å². The van der Waals surface area contributed by atoms with Crippen LogP contribution in [0.5, 0.6) is 5.75 Å². The van der Waals surface area contributed by atoms with Crippen LogP contribution < -0.4 is 15.4 Å². The number of hydrogen-bond acceptors (Lipinski definition) is 4. The molecule has 1 aromatic rings. The molecular weight excluding hydrogens is 282 g/mol. The quantitative estimate of drug-likeness (QED) is 0.811. The molecule has 0 atom stereocenters. The van der Waals surface area contributed by atoms with E-state index >= 15 is 0 Å². The van der Waals surface area contributed by atoms with Crippen molar-refractivity contribution in [1.29, 1.82) is 0 Å². The van der Waals surface area contributed by atoms with Gasteiger partial charge in [0.2, 0.25) is 0 Å². The van der Waals surface area contributed by atoms with Gasteiger partial charge in [0.25, 0.3) is 5.91 Å². The fourth-order valence-corrected chi connectivity index (χ4v) is 3.10. The highest BCUT2D eigenvalue weighted by Crippen LogP contribution is 2.27. The van der Waals surface area contributed by atoms with Crippen molar-refractivity contribution in [2.75, 3.05) is 26.7 Å². The average molecular weight is 303 g/mol. The highest BCUT2D eigenvalue weighted by molar-refractivity contribution is 6.07. The van der Waals surface area contributed by atoms with Crippen LogP contribution in [0.1, 0.15) is 18.4 Å². The van der Waals surface area contributed by atoms with E-state index < -0.39 is 5.54 Å². The van der Waals surface area contributed by atoms with E-state index in [0.717, 1.165) is 24.4 Å². The molecule has 0 saturated carbocycles. The first-order valence-electron chi connectivity index (χ1n) is 7.62. The van der Waals surface area contributed by atoms with Gasteiger partial charge in [-0.15, -0.1) is 0 Å². The molecule has 118 valence electrons. The molecule has 2 aliphatic rings. The Hall–Kier alpha value is -2.08. The van der Waals surface area contributed by atoms with Crippen LogP contribution in [-0.2, 0) is 11.2 Å². The maximum absolute atomic E-state index is 12.6. The lowest BCUT2D eigenvalue weighted by atomic mass is 9.88. The molecule has 3 rings (SSSR count). The molecule has 0 aliphatic carbocycles. The van der Waals surface area contributed by atoms with E-state index in [1.807, 2.05) is 24.3 Å². The molecule has 22 heavy (non-hydrogen) atoms. The van der Waals surface area contributed by atoms with Crippen LogP contribution in [0.3, 0.4) is 0 Å². The molecule has 3 amide bonds. The van der Waals surface area contributed by atoms with Crippen molar-refractivity contribution in [3.05, 3.63) is 29.8 Å². The van der Waals surface area contributed by atoms with Gasteiger partial charge in [0, 0.05) is 6.54 Å². The summed E-state index contributed by atoms with van der Waals surface area (Å²) >= 11 is 0. The molecule has 0 radical (unpaired) electrons. The number of rotatable bonds is 4. The lowest BCUT2D eigenvalue weighted by Crippen LogP contribution is -2.53. The number of ether oxygens (including phenoxy) is 1. The van der Waals surface area contributed by atoms with Crippen LogP contribution in [0, 0.1) is 0 Å². The van der Waals surface area contributed by atoms with Gasteiger partial charge in [-0.25, -0.2) is 4.79 Å². The number of urea groups is 1. The van der Waals surface area contributed by atoms with Crippen molar-refractivity contribution in [3.8, 4) is 5.75 Å². The number of carbonyl (C=O) groups is 2. The second-order valence-electron chi connectivity index (χ2n) is 5.82. The molecule has 2 fully saturated rings. The normalized spacial score (nSPS) is 20.3. The molecule has 6 heteroatoms. The van der Waals surface area contributed by atoms with Crippen LogP contribution in [0.2, 0.25) is 0 Å². The first kappa shape index (κ1) is 14.8. The molecule has 2 aliphatic heterocycles. The Kier molecular flexibility index (Phi) is 4.02. The van der Waals surface area contributed by atoms with Gasteiger partial charge in [0.15, 0.2) is 0 Å². The maximum atomic E-state index is 12.6. The highest BCUT2D eigenvalue weighted by atomic mass is 16.5. The fraction of sp³-hybridized carbons (Fsp3) is 0.500. The minimum Gasteiger partial charge on any atom is -0.497 e. The lowest BCUT2D eigenvalue weighted by Gasteiger charge is -2.31. The standard InChI is InChI=1S/C16H21N3O3/c1-22-13-4-2-12(3-5-13)6-11-19-14(20)16(18-15(19)21)7-9-17-10-8-16/h2-5,17H,6-11H2,1H3,(H,18,21). The molecule has 0 bridgehead atoms. The Morgan fingerprint density at radius 3 is 2.50 bits per heavy atom. The molecule has 2 saturated heterocycles. The van der Waals surface area contributed by atoms with E-state index in [-0.39, 0.29) is 11.9 Å². The maximum Gasteiger partial charge on any atom is 0.325 e. The Bertz CT molecular complexity index is 565. The van der Waals surface area contributed by atoms with Crippen molar-refractivity contribution in [2.24, 2.45) is 0 Å². The predicted octanol–water partition coefficient (Wildman–Crippen LogP) is 0.912. The lowest BCUT2D eigenvalue weighted by molar-refractivity contribution is -0.132. The van der Waals surface area contributed by atoms with Gasteiger partial charge in [-0.05, 0) is 50.0 Å². The zero-order chi connectivity index (χ0) is 15.6. The Labute approximate surface area is 129 Å². The summed E-state index contributed by atoms with van der Waals surface area (Å²) in [4.78, 5) is 26.1. The molecular formula is C16H21N3O3. The number of piperidine rings is 1. The van der Waals surface area contributed by atoms with E-state index in [2.05, 4.69) is 10.6 Å². The van der Waals surface area contributed by atoms with Crippen LogP contribution in [0.4, 0.5) is 4.79 Å². The van der Waals surface area contributed by atoms with Gasteiger partial charge in [0.05, 0.1) is 7.11 Å². The number of nitrogens with zero attached hydrogens (tertiary/aromatic N) is 1. The van der Waals surface area contributed by atoms with Crippen molar-refractivity contribution in [2.45, 2.75) is 24.8 Å². The summed E-state index contributed by atoms with van der Waals surface area (Å²) in [6, 6.07) is 7.42. The van der Waals surface area contributed by atoms with Crippen LogP contribution >= 0.6 is 0 Å². The van der Waals surface area contributed by atoms with Crippen LogP contribution in [0.25, 0.3) is 0 Å². The zero-order valence-corrected chi connectivity index (χ0v) is 12.7. The summed E-state index contributed by atoms with van der Waals surface area (Å²) in [6.45, 7) is 1.93. The molecule has 1 spiro atoms. The van der Waals surface area contributed by atoms with Gasteiger partial charge in [-0.3, -0.25) is 9.69 Å². The SMILES string of the molecule is COc1ccc(CCN2C(=O)NC3(CCNCC3)C2=O)cc1. The minimum atomic E-state index is -0.678. The topological polar surface area (TPSA) is 70.7 Å². The summed E-state index contributed by atoms with van der Waals surface area (Å²) in [5, 5.41) is 6.12. The molecule has 2 heterocycles. The Morgan fingerprint density at radius 1 is 1.18 bits per heavy atom. The number of hydrogen-bond donors (Lipinski definition) is 2. The number of methoxy groups -OCH3 is 1. The number of amides is 3. The monoisotopic (exact) mass is 303 g/mol. The van der Waals surface area contributed by atoms with E-state index in [0.29, 0.717) is 25.8 Å². The summed E-state index contributed by atoms with van der Waals surface area (Å²) < 4.78 is 5.12. The summed E-state index contributed by atoms with van der Waals surface area (Å²) in [7, 11) is 1.63. The molecule has 6 nitrogen and oxygen atoms in total. The van der Waals surface area contributed by atoms with Crippen molar-refractivity contribution in [1.82, 2.24) is 15.5 Å². The van der Waals surface area contributed by atoms with Crippen LogP contribution in [-0.4, -0.2) is 49.1 Å². The fourth-order valence-electron chi connectivity index (χ4n) is 3.10. The van der Waals surface area contributed by atoms with Crippen molar-refractivity contribution >= 4 is 11.9 Å².